The van der Waals surface area contributed by atoms with Crippen molar-refractivity contribution in [3.8, 4) is 0 Å². The maximum Gasteiger partial charge on any atom is 0.325 e. The Balaban J connectivity index is 2.47. The van der Waals surface area contributed by atoms with Gasteiger partial charge in [0, 0.05) is 13.0 Å². The summed E-state index contributed by atoms with van der Waals surface area (Å²) in [5.74, 6) is -0.748. The first-order valence-corrected chi connectivity index (χ1v) is 6.33. The second-order valence-corrected chi connectivity index (χ2v) is 4.14. The standard InChI is InChI=1S/C12H20N2O4/c1-3-9(14-7-5-6-10(14)15)12(17)13-8-11(16)18-4-2/h9H,3-8H2,1-2H3,(H,13,17). The van der Waals surface area contributed by atoms with Crippen molar-refractivity contribution < 1.29 is 19.1 Å². The highest BCUT2D eigenvalue weighted by molar-refractivity contribution is 5.90. The van der Waals surface area contributed by atoms with Gasteiger partial charge in [-0.25, -0.2) is 0 Å². The molecule has 1 N–H and O–H groups in total. The second-order valence-electron chi connectivity index (χ2n) is 4.14. The van der Waals surface area contributed by atoms with E-state index in [9.17, 15) is 14.4 Å². The van der Waals surface area contributed by atoms with E-state index in [4.69, 9.17) is 4.74 Å². The molecule has 0 aliphatic carbocycles. The molecule has 2 amide bonds. The lowest BCUT2D eigenvalue weighted by molar-refractivity contribution is -0.144. The van der Waals surface area contributed by atoms with Crippen molar-refractivity contribution in [3.63, 3.8) is 0 Å². The molecule has 6 nitrogen and oxygen atoms in total. The highest BCUT2D eigenvalue weighted by Gasteiger charge is 2.31. The first-order valence-electron chi connectivity index (χ1n) is 6.33. The molecule has 0 aromatic heterocycles. The molecule has 1 saturated heterocycles. The highest BCUT2D eigenvalue weighted by Crippen LogP contribution is 2.15. The monoisotopic (exact) mass is 256 g/mol. The van der Waals surface area contributed by atoms with Crippen LogP contribution in [0.3, 0.4) is 0 Å². The maximum absolute atomic E-state index is 11.9. The van der Waals surface area contributed by atoms with Crippen molar-refractivity contribution in [2.24, 2.45) is 0 Å². The Morgan fingerprint density at radius 2 is 2.17 bits per heavy atom. The van der Waals surface area contributed by atoms with Crippen molar-refractivity contribution in [3.05, 3.63) is 0 Å². The van der Waals surface area contributed by atoms with Gasteiger partial charge >= 0.3 is 5.97 Å². The lowest BCUT2D eigenvalue weighted by atomic mass is 10.2. The Bertz CT molecular complexity index is 330. The number of carbonyl (C=O) groups excluding carboxylic acids is 3. The molecule has 1 heterocycles. The second kappa shape index (κ2) is 6.98. The van der Waals surface area contributed by atoms with Crippen molar-refractivity contribution >= 4 is 17.8 Å². The summed E-state index contributed by atoms with van der Waals surface area (Å²) in [7, 11) is 0. The molecule has 1 aliphatic heterocycles. The van der Waals surface area contributed by atoms with Crippen LogP contribution in [0.1, 0.15) is 33.1 Å². The van der Waals surface area contributed by atoms with E-state index in [1.54, 1.807) is 11.8 Å². The molecular weight excluding hydrogens is 236 g/mol. The number of ether oxygens (including phenoxy) is 1. The summed E-state index contributed by atoms with van der Waals surface area (Å²) in [4.78, 5) is 36.2. The van der Waals surface area contributed by atoms with E-state index >= 15 is 0 Å². The molecule has 0 radical (unpaired) electrons. The molecule has 0 aromatic carbocycles. The molecule has 1 rings (SSSR count). The van der Waals surface area contributed by atoms with Crippen LogP contribution in [0.15, 0.2) is 0 Å². The lowest BCUT2D eigenvalue weighted by Crippen LogP contribution is -2.48. The quantitative estimate of drug-likeness (QED) is 0.682. The first-order chi connectivity index (χ1) is 8.60. The van der Waals surface area contributed by atoms with Gasteiger partial charge < -0.3 is 15.0 Å². The Morgan fingerprint density at radius 3 is 2.67 bits per heavy atom. The smallest absolute Gasteiger partial charge is 0.325 e. The zero-order valence-electron chi connectivity index (χ0n) is 10.9. The van der Waals surface area contributed by atoms with E-state index in [0.29, 0.717) is 19.4 Å². The maximum atomic E-state index is 11.9. The van der Waals surface area contributed by atoms with Gasteiger partial charge in [0.25, 0.3) is 0 Å². The summed E-state index contributed by atoms with van der Waals surface area (Å²) >= 11 is 0. The topological polar surface area (TPSA) is 75.7 Å². The molecule has 0 aromatic rings. The van der Waals surface area contributed by atoms with Gasteiger partial charge in [-0.3, -0.25) is 14.4 Å². The molecule has 1 unspecified atom stereocenters. The number of nitrogens with zero attached hydrogens (tertiary/aromatic N) is 1. The average Bonchev–Trinajstić information content (AvgIpc) is 2.75. The average molecular weight is 256 g/mol. The van der Waals surface area contributed by atoms with E-state index in [1.165, 1.54) is 0 Å². The van der Waals surface area contributed by atoms with Crippen LogP contribution < -0.4 is 5.32 Å². The van der Waals surface area contributed by atoms with Crippen LogP contribution >= 0.6 is 0 Å². The van der Waals surface area contributed by atoms with Gasteiger partial charge in [-0.2, -0.15) is 0 Å². The number of carbonyl (C=O) groups is 3. The number of hydrogen-bond acceptors (Lipinski definition) is 4. The van der Waals surface area contributed by atoms with Gasteiger partial charge in [0.1, 0.15) is 12.6 Å². The summed E-state index contributed by atoms with van der Waals surface area (Å²) in [6.45, 7) is 4.31. The van der Waals surface area contributed by atoms with E-state index in [0.717, 1.165) is 6.42 Å². The molecule has 0 bridgehead atoms. The Kier molecular flexibility index (Phi) is 5.61. The first kappa shape index (κ1) is 14.5. The van der Waals surface area contributed by atoms with Crippen LogP contribution in [-0.4, -0.2) is 48.4 Å². The molecule has 1 atom stereocenters. The fraction of sp³-hybridized carbons (Fsp3) is 0.750. The zero-order chi connectivity index (χ0) is 13.5. The summed E-state index contributed by atoms with van der Waals surface area (Å²) in [5.41, 5.74) is 0. The summed E-state index contributed by atoms with van der Waals surface area (Å²) in [6, 6.07) is -0.477. The largest absolute Gasteiger partial charge is 0.465 e. The fourth-order valence-corrected chi connectivity index (χ4v) is 2.04. The number of nitrogens with one attached hydrogen (secondary N) is 1. The van der Waals surface area contributed by atoms with Crippen LogP contribution in [0.2, 0.25) is 0 Å². The molecular formula is C12H20N2O4. The van der Waals surface area contributed by atoms with Crippen LogP contribution in [0, 0.1) is 0 Å². The Morgan fingerprint density at radius 1 is 1.44 bits per heavy atom. The molecule has 1 fully saturated rings. The lowest BCUT2D eigenvalue weighted by Gasteiger charge is -2.25. The van der Waals surface area contributed by atoms with Crippen molar-refractivity contribution in [1.82, 2.24) is 10.2 Å². The van der Waals surface area contributed by atoms with Crippen LogP contribution in [0.25, 0.3) is 0 Å². The van der Waals surface area contributed by atoms with Gasteiger partial charge in [-0.15, -0.1) is 0 Å². The number of esters is 1. The normalized spacial score (nSPS) is 16.6. The predicted octanol–water partition coefficient (Wildman–Crippen LogP) is 0.0667. The van der Waals surface area contributed by atoms with Crippen molar-refractivity contribution in [2.45, 2.75) is 39.2 Å². The predicted molar refractivity (Wildman–Crippen MR) is 64.7 cm³/mol. The molecule has 6 heteroatoms. The zero-order valence-corrected chi connectivity index (χ0v) is 10.9. The molecule has 102 valence electrons. The molecule has 18 heavy (non-hydrogen) atoms. The number of likely N-dealkylation sites (tertiary alicyclic amines) is 1. The number of amides is 2. The summed E-state index contributed by atoms with van der Waals surface area (Å²) < 4.78 is 4.72. The third-order valence-electron chi connectivity index (χ3n) is 2.89. The third-order valence-corrected chi connectivity index (χ3v) is 2.89. The summed E-state index contributed by atoms with van der Waals surface area (Å²) in [6.07, 6.45) is 1.84. The minimum Gasteiger partial charge on any atom is -0.465 e. The molecule has 1 aliphatic rings. The highest BCUT2D eigenvalue weighted by atomic mass is 16.5. The van der Waals surface area contributed by atoms with Crippen LogP contribution in [0.4, 0.5) is 0 Å². The third kappa shape index (κ3) is 3.72. The Labute approximate surface area is 107 Å². The van der Waals surface area contributed by atoms with Crippen molar-refractivity contribution in [2.75, 3.05) is 19.7 Å². The van der Waals surface area contributed by atoms with Crippen LogP contribution in [-0.2, 0) is 19.1 Å². The number of rotatable bonds is 6. The molecule has 0 saturated carbocycles. The van der Waals surface area contributed by atoms with E-state index in [2.05, 4.69) is 5.32 Å². The van der Waals surface area contributed by atoms with E-state index < -0.39 is 12.0 Å². The van der Waals surface area contributed by atoms with Gasteiger partial charge in [-0.1, -0.05) is 6.92 Å². The SMILES string of the molecule is CCOC(=O)CNC(=O)C(CC)N1CCCC1=O. The minimum absolute atomic E-state index is 0.00753. The van der Waals surface area contributed by atoms with Gasteiger partial charge in [0.15, 0.2) is 0 Å². The van der Waals surface area contributed by atoms with Crippen LogP contribution in [0.5, 0.6) is 0 Å². The Hall–Kier alpha value is -1.59. The molecule has 0 spiro atoms. The summed E-state index contributed by atoms with van der Waals surface area (Å²) in [5, 5.41) is 2.51. The van der Waals surface area contributed by atoms with Gasteiger partial charge in [0.05, 0.1) is 6.61 Å². The van der Waals surface area contributed by atoms with Gasteiger partial charge in [-0.05, 0) is 19.8 Å². The van der Waals surface area contributed by atoms with Crippen molar-refractivity contribution in [1.29, 1.82) is 0 Å². The minimum atomic E-state index is -0.477. The van der Waals surface area contributed by atoms with Gasteiger partial charge in [0.2, 0.25) is 11.8 Å². The van der Waals surface area contributed by atoms with E-state index in [1.807, 2.05) is 6.92 Å². The number of hydrogen-bond donors (Lipinski definition) is 1. The fourth-order valence-electron chi connectivity index (χ4n) is 2.04. The van der Waals surface area contributed by atoms with E-state index in [-0.39, 0.29) is 25.0 Å².